The van der Waals surface area contributed by atoms with Crippen molar-refractivity contribution in [2.24, 2.45) is 0 Å². The van der Waals surface area contributed by atoms with Gasteiger partial charge < -0.3 is 0 Å². The molecule has 0 bridgehead atoms. The van der Waals surface area contributed by atoms with E-state index in [0.717, 1.165) is 11.4 Å². The summed E-state index contributed by atoms with van der Waals surface area (Å²) in [6.45, 7) is 1.89. The first-order chi connectivity index (χ1) is 6.27. The number of hydrogen-bond donors (Lipinski definition) is 1. The van der Waals surface area contributed by atoms with Crippen LogP contribution in [0, 0.1) is 11.6 Å². The maximum atomic E-state index is 5.04. The lowest BCUT2D eigenvalue weighted by molar-refractivity contribution is 0.744. The summed E-state index contributed by atoms with van der Waals surface area (Å²) in [6.07, 6.45) is 0. The molecule has 0 fully saturated rings. The van der Waals surface area contributed by atoms with Crippen molar-refractivity contribution < 1.29 is 0 Å². The molecule has 0 unspecified atom stereocenters. The fourth-order valence-electron chi connectivity index (χ4n) is 1.09. The van der Waals surface area contributed by atoms with Gasteiger partial charge in [0.1, 0.15) is 4.64 Å². The molecule has 0 atom stereocenters. The monoisotopic (exact) mass is 191 g/mol. The van der Waals surface area contributed by atoms with Gasteiger partial charge in [0.05, 0.1) is 11.4 Å². The van der Waals surface area contributed by atoms with Crippen molar-refractivity contribution in [3.05, 3.63) is 40.7 Å². The number of H-pyrrole nitrogens is 1. The van der Waals surface area contributed by atoms with Crippen molar-refractivity contribution in [1.82, 2.24) is 15.0 Å². The lowest BCUT2D eigenvalue weighted by atomic mass is 10.3. The van der Waals surface area contributed by atoms with Gasteiger partial charge in [0.25, 0.3) is 0 Å². The molecular weight excluding hydrogens is 182 g/mol. The molecule has 1 N–H and O–H groups in total. The van der Waals surface area contributed by atoms with E-state index < -0.39 is 0 Å². The van der Waals surface area contributed by atoms with E-state index in [4.69, 9.17) is 12.2 Å². The molecule has 0 aliphatic carbocycles. The predicted octanol–water partition coefficient (Wildman–Crippen LogP) is 2.24. The lowest BCUT2D eigenvalue weighted by Gasteiger charge is -1.97. The SMILES string of the molecule is Cc1nn(-c2ccccc2)[nH]c1=S. The number of rotatable bonds is 1. The van der Waals surface area contributed by atoms with Crippen LogP contribution in [-0.2, 0) is 0 Å². The van der Waals surface area contributed by atoms with Crippen molar-refractivity contribution in [3.63, 3.8) is 0 Å². The fourth-order valence-corrected chi connectivity index (χ4v) is 1.22. The summed E-state index contributed by atoms with van der Waals surface area (Å²) < 4.78 is 0.684. The second kappa shape index (κ2) is 3.14. The van der Waals surface area contributed by atoms with E-state index in [-0.39, 0.29) is 0 Å². The van der Waals surface area contributed by atoms with Gasteiger partial charge in [0.15, 0.2) is 0 Å². The largest absolute Gasteiger partial charge is 0.266 e. The summed E-state index contributed by atoms with van der Waals surface area (Å²) >= 11 is 5.04. The van der Waals surface area contributed by atoms with Crippen molar-refractivity contribution in [2.45, 2.75) is 6.92 Å². The van der Waals surface area contributed by atoms with Gasteiger partial charge in [-0.25, -0.2) is 0 Å². The minimum atomic E-state index is 0.684. The quantitative estimate of drug-likeness (QED) is 0.701. The van der Waals surface area contributed by atoms with Gasteiger partial charge in [0.2, 0.25) is 0 Å². The third-order valence-electron chi connectivity index (χ3n) is 1.79. The minimum absolute atomic E-state index is 0.684. The second-order valence-electron chi connectivity index (χ2n) is 2.77. The average molecular weight is 191 g/mol. The predicted molar refractivity (Wildman–Crippen MR) is 53.5 cm³/mol. The minimum Gasteiger partial charge on any atom is -0.266 e. The third kappa shape index (κ3) is 1.53. The number of aryl methyl sites for hydroxylation is 1. The van der Waals surface area contributed by atoms with Crippen LogP contribution in [0.4, 0.5) is 0 Å². The van der Waals surface area contributed by atoms with Crippen LogP contribution in [0.25, 0.3) is 5.69 Å². The van der Waals surface area contributed by atoms with Crippen LogP contribution < -0.4 is 0 Å². The van der Waals surface area contributed by atoms with Crippen LogP contribution in [0.3, 0.4) is 0 Å². The Kier molecular flexibility index (Phi) is 1.98. The molecule has 0 saturated carbocycles. The van der Waals surface area contributed by atoms with E-state index in [1.807, 2.05) is 37.3 Å². The number of para-hydroxylation sites is 1. The Labute approximate surface area is 81.0 Å². The third-order valence-corrected chi connectivity index (χ3v) is 2.17. The van der Waals surface area contributed by atoms with Gasteiger partial charge in [0, 0.05) is 0 Å². The highest BCUT2D eigenvalue weighted by atomic mass is 32.1. The summed E-state index contributed by atoms with van der Waals surface area (Å²) in [5.41, 5.74) is 1.83. The maximum Gasteiger partial charge on any atom is 0.142 e. The zero-order chi connectivity index (χ0) is 9.26. The molecule has 0 radical (unpaired) electrons. The molecular formula is C9H9N3S. The van der Waals surface area contributed by atoms with E-state index in [0.29, 0.717) is 4.64 Å². The Morgan fingerprint density at radius 1 is 1.31 bits per heavy atom. The van der Waals surface area contributed by atoms with Crippen molar-refractivity contribution in [3.8, 4) is 5.69 Å². The molecule has 3 nitrogen and oxygen atoms in total. The Balaban J connectivity index is 2.54. The standard InChI is InChI=1S/C9H9N3S/c1-7-9(13)11-12(10-7)8-5-3-2-4-6-8/h2-6H,1H3,(H,11,13). The van der Waals surface area contributed by atoms with E-state index in [9.17, 15) is 0 Å². The molecule has 0 amide bonds. The molecule has 0 aliphatic heterocycles. The van der Waals surface area contributed by atoms with Gasteiger partial charge in [-0.2, -0.15) is 9.90 Å². The number of nitrogens with zero attached hydrogens (tertiary/aromatic N) is 2. The number of aromatic nitrogens is 3. The van der Waals surface area contributed by atoms with Crippen LogP contribution in [0.15, 0.2) is 30.3 Å². The maximum absolute atomic E-state index is 5.04. The van der Waals surface area contributed by atoms with Crippen LogP contribution in [0.2, 0.25) is 0 Å². The van der Waals surface area contributed by atoms with E-state index in [2.05, 4.69) is 10.2 Å². The summed E-state index contributed by atoms with van der Waals surface area (Å²) in [4.78, 5) is 1.68. The molecule has 0 aliphatic rings. The van der Waals surface area contributed by atoms with Crippen LogP contribution in [0.5, 0.6) is 0 Å². The first-order valence-electron chi connectivity index (χ1n) is 3.99. The van der Waals surface area contributed by atoms with Gasteiger partial charge >= 0.3 is 0 Å². The summed E-state index contributed by atoms with van der Waals surface area (Å²) in [5, 5.41) is 7.22. The van der Waals surface area contributed by atoms with Crippen molar-refractivity contribution in [2.75, 3.05) is 0 Å². The fraction of sp³-hybridized carbons (Fsp3) is 0.111. The highest BCUT2D eigenvalue weighted by Crippen LogP contribution is 2.04. The van der Waals surface area contributed by atoms with E-state index in [1.54, 1.807) is 4.80 Å². The molecule has 0 saturated heterocycles. The normalized spacial score (nSPS) is 10.2. The molecule has 13 heavy (non-hydrogen) atoms. The molecule has 1 aromatic carbocycles. The first-order valence-corrected chi connectivity index (χ1v) is 4.39. The van der Waals surface area contributed by atoms with Crippen molar-refractivity contribution in [1.29, 1.82) is 0 Å². The average Bonchev–Trinajstić information content (AvgIpc) is 2.49. The zero-order valence-electron chi connectivity index (χ0n) is 7.19. The molecule has 1 aromatic heterocycles. The number of aromatic amines is 1. The van der Waals surface area contributed by atoms with Crippen LogP contribution >= 0.6 is 12.2 Å². The smallest absolute Gasteiger partial charge is 0.142 e. The first kappa shape index (κ1) is 8.19. The molecule has 4 heteroatoms. The molecule has 2 aromatic rings. The number of nitrogens with one attached hydrogen (secondary N) is 1. The highest BCUT2D eigenvalue weighted by molar-refractivity contribution is 7.71. The van der Waals surface area contributed by atoms with Crippen molar-refractivity contribution >= 4 is 12.2 Å². The van der Waals surface area contributed by atoms with Gasteiger partial charge in [-0.3, -0.25) is 5.10 Å². The van der Waals surface area contributed by atoms with E-state index >= 15 is 0 Å². The lowest BCUT2D eigenvalue weighted by Crippen LogP contribution is -1.97. The zero-order valence-corrected chi connectivity index (χ0v) is 8.01. The Bertz CT molecular complexity index is 455. The summed E-state index contributed by atoms with van der Waals surface area (Å²) in [7, 11) is 0. The van der Waals surface area contributed by atoms with Gasteiger partial charge in [-0.15, -0.1) is 0 Å². The number of hydrogen-bond acceptors (Lipinski definition) is 2. The van der Waals surface area contributed by atoms with Gasteiger partial charge in [-0.1, -0.05) is 30.4 Å². The topological polar surface area (TPSA) is 33.6 Å². The Hall–Kier alpha value is -1.42. The van der Waals surface area contributed by atoms with Gasteiger partial charge in [-0.05, 0) is 19.1 Å². The highest BCUT2D eigenvalue weighted by Gasteiger charge is 1.98. The molecule has 0 spiro atoms. The molecule has 2 rings (SSSR count). The van der Waals surface area contributed by atoms with E-state index in [1.165, 1.54) is 0 Å². The Morgan fingerprint density at radius 2 is 2.00 bits per heavy atom. The molecule has 1 heterocycles. The summed E-state index contributed by atoms with van der Waals surface area (Å²) in [5.74, 6) is 0. The number of benzene rings is 1. The van der Waals surface area contributed by atoms with Crippen LogP contribution in [0.1, 0.15) is 5.69 Å². The second-order valence-corrected chi connectivity index (χ2v) is 3.18. The molecule has 66 valence electrons. The van der Waals surface area contributed by atoms with Crippen LogP contribution in [-0.4, -0.2) is 15.0 Å². The summed E-state index contributed by atoms with van der Waals surface area (Å²) in [6, 6.07) is 9.83. The Morgan fingerprint density at radius 3 is 2.54 bits per heavy atom.